The van der Waals surface area contributed by atoms with Gasteiger partial charge < -0.3 is 10.2 Å². The van der Waals surface area contributed by atoms with E-state index in [1.54, 1.807) is 11.3 Å². The number of nitrogens with one attached hydrogen (secondary N) is 1. The molecule has 0 bridgehead atoms. The minimum Gasteiger partial charge on any atom is -0.319 e. The summed E-state index contributed by atoms with van der Waals surface area (Å²) in [5.41, 5.74) is 3.09. The largest absolute Gasteiger partial charge is 0.319 e. The normalized spacial score (nSPS) is 39.5. The van der Waals surface area contributed by atoms with Crippen LogP contribution in [0.5, 0.6) is 0 Å². The molecule has 6 nitrogen and oxygen atoms in total. The summed E-state index contributed by atoms with van der Waals surface area (Å²) in [6.07, 6.45) is 10.6. The molecule has 6 atom stereocenters. The van der Waals surface area contributed by atoms with Gasteiger partial charge in [-0.15, -0.1) is 10.2 Å². The minimum absolute atomic E-state index is 0.105. The number of carbonyl (C=O) groups is 2. The molecule has 184 valence electrons. The molecule has 1 aliphatic heterocycles. The Morgan fingerprint density at radius 3 is 2.68 bits per heavy atom. The molecule has 6 rings (SSSR count). The van der Waals surface area contributed by atoms with Crippen molar-refractivity contribution in [1.29, 1.82) is 0 Å². The van der Waals surface area contributed by atoms with Crippen LogP contribution in [0.15, 0.2) is 11.3 Å². The summed E-state index contributed by atoms with van der Waals surface area (Å²) in [7, 11) is 1.99. The number of amides is 2. The summed E-state index contributed by atoms with van der Waals surface area (Å²) in [5, 5.41) is 13.3. The Labute approximate surface area is 207 Å². The van der Waals surface area contributed by atoms with Crippen LogP contribution in [0.2, 0.25) is 0 Å². The molecule has 34 heavy (non-hydrogen) atoms. The summed E-state index contributed by atoms with van der Waals surface area (Å²) in [4.78, 5) is 27.5. The Morgan fingerprint density at radius 1 is 1.12 bits per heavy atom. The van der Waals surface area contributed by atoms with Crippen molar-refractivity contribution in [3.8, 4) is 0 Å². The van der Waals surface area contributed by atoms with Gasteiger partial charge in [-0.1, -0.05) is 30.8 Å². The number of hydrogen-bond donors (Lipinski definition) is 1. The molecule has 2 heterocycles. The van der Waals surface area contributed by atoms with Gasteiger partial charge in [0.2, 0.25) is 16.9 Å². The van der Waals surface area contributed by atoms with Gasteiger partial charge in [0.25, 0.3) is 0 Å². The van der Waals surface area contributed by atoms with Gasteiger partial charge in [0.1, 0.15) is 5.01 Å². The summed E-state index contributed by atoms with van der Waals surface area (Å²) in [5.74, 6) is 3.38. The van der Waals surface area contributed by atoms with Gasteiger partial charge in [-0.25, -0.2) is 0 Å². The SMILES string of the molecule is CC1=C2N(C)C(=O)CC[C@]2(C)C2CC[C@]3(C)[C@@H](CC(=O)Nc4nnc(C5CC5)s4)CC[C@H]3C2C1. The van der Waals surface area contributed by atoms with Crippen molar-refractivity contribution in [2.75, 3.05) is 12.4 Å². The lowest BCUT2D eigenvalue weighted by molar-refractivity contribution is -0.136. The molecule has 0 spiro atoms. The molecule has 3 saturated carbocycles. The fourth-order valence-electron chi connectivity index (χ4n) is 8.73. The molecule has 2 unspecified atom stereocenters. The lowest BCUT2D eigenvalue weighted by Crippen LogP contribution is -2.54. The van der Waals surface area contributed by atoms with Gasteiger partial charge in [0.15, 0.2) is 0 Å². The summed E-state index contributed by atoms with van der Waals surface area (Å²) < 4.78 is 0. The van der Waals surface area contributed by atoms with Gasteiger partial charge in [-0.05, 0) is 87.4 Å². The van der Waals surface area contributed by atoms with Gasteiger partial charge in [-0.2, -0.15) is 0 Å². The first-order valence-corrected chi connectivity index (χ1v) is 14.1. The van der Waals surface area contributed by atoms with E-state index in [4.69, 9.17) is 0 Å². The minimum atomic E-state index is 0.105. The average Bonchev–Trinajstić information content (AvgIpc) is 3.45. The van der Waals surface area contributed by atoms with E-state index in [0.29, 0.717) is 47.6 Å². The lowest BCUT2D eigenvalue weighted by Gasteiger charge is -2.59. The molecule has 1 aromatic rings. The molecule has 4 fully saturated rings. The Hall–Kier alpha value is -1.76. The zero-order chi connectivity index (χ0) is 23.8. The summed E-state index contributed by atoms with van der Waals surface area (Å²) in [6, 6.07) is 0. The highest BCUT2D eigenvalue weighted by Crippen LogP contribution is 2.67. The fraction of sp³-hybridized carbons (Fsp3) is 0.778. The monoisotopic (exact) mass is 482 g/mol. The number of piperidine rings is 1. The van der Waals surface area contributed by atoms with Crippen LogP contribution in [0, 0.1) is 34.5 Å². The van der Waals surface area contributed by atoms with Crippen LogP contribution in [0.4, 0.5) is 5.13 Å². The maximum atomic E-state index is 13.0. The number of allylic oxidation sites excluding steroid dienone is 2. The number of aromatic nitrogens is 2. The van der Waals surface area contributed by atoms with E-state index in [0.717, 1.165) is 24.3 Å². The number of nitrogens with zero attached hydrogens (tertiary/aromatic N) is 3. The maximum absolute atomic E-state index is 13.0. The van der Waals surface area contributed by atoms with Crippen LogP contribution < -0.4 is 5.32 Å². The number of hydrogen-bond acceptors (Lipinski definition) is 5. The van der Waals surface area contributed by atoms with E-state index in [1.807, 2.05) is 11.9 Å². The molecule has 5 aliphatic rings. The molecule has 1 aromatic heterocycles. The van der Waals surface area contributed by atoms with Crippen LogP contribution in [0.3, 0.4) is 0 Å². The first kappa shape index (κ1) is 22.7. The molecule has 2 amide bonds. The summed E-state index contributed by atoms with van der Waals surface area (Å²) >= 11 is 1.55. The van der Waals surface area contributed by atoms with Crippen LogP contribution >= 0.6 is 11.3 Å². The molecule has 1 saturated heterocycles. The highest BCUT2D eigenvalue weighted by atomic mass is 32.1. The highest BCUT2D eigenvalue weighted by Gasteiger charge is 2.60. The molecule has 0 radical (unpaired) electrons. The maximum Gasteiger partial charge on any atom is 0.226 e. The zero-order valence-corrected chi connectivity index (χ0v) is 21.8. The predicted molar refractivity (Wildman–Crippen MR) is 133 cm³/mol. The first-order valence-electron chi connectivity index (χ1n) is 13.3. The lowest BCUT2D eigenvalue weighted by atomic mass is 9.48. The van der Waals surface area contributed by atoms with E-state index in [-0.39, 0.29) is 22.6 Å². The third-order valence-electron chi connectivity index (χ3n) is 10.6. The Balaban J connectivity index is 1.18. The smallest absolute Gasteiger partial charge is 0.226 e. The van der Waals surface area contributed by atoms with Crippen LogP contribution in [-0.4, -0.2) is 34.0 Å². The number of rotatable bonds is 4. The van der Waals surface area contributed by atoms with Crippen LogP contribution in [-0.2, 0) is 9.59 Å². The molecule has 4 aliphatic carbocycles. The van der Waals surface area contributed by atoms with Crippen molar-refractivity contribution in [2.24, 2.45) is 34.5 Å². The van der Waals surface area contributed by atoms with Gasteiger partial charge in [0, 0.05) is 36.9 Å². The van der Waals surface area contributed by atoms with E-state index in [2.05, 4.69) is 36.3 Å². The molecule has 7 heteroatoms. The van der Waals surface area contributed by atoms with Crippen molar-refractivity contribution in [1.82, 2.24) is 15.1 Å². The van der Waals surface area contributed by atoms with Gasteiger partial charge in [-0.3, -0.25) is 9.59 Å². The quantitative estimate of drug-likeness (QED) is 0.594. The van der Waals surface area contributed by atoms with Gasteiger partial charge in [0.05, 0.1) is 0 Å². The van der Waals surface area contributed by atoms with Crippen molar-refractivity contribution < 1.29 is 9.59 Å². The topological polar surface area (TPSA) is 75.2 Å². The van der Waals surface area contributed by atoms with Crippen LogP contribution in [0.1, 0.15) is 95.9 Å². The number of carbonyl (C=O) groups excluding carboxylic acids is 2. The second-order valence-corrected chi connectivity index (χ2v) is 13.4. The summed E-state index contributed by atoms with van der Waals surface area (Å²) in [6.45, 7) is 7.18. The van der Waals surface area contributed by atoms with E-state index in [9.17, 15) is 9.59 Å². The second-order valence-electron chi connectivity index (χ2n) is 12.4. The third kappa shape index (κ3) is 3.40. The fourth-order valence-corrected chi connectivity index (χ4v) is 9.66. The van der Waals surface area contributed by atoms with E-state index in [1.165, 1.54) is 43.4 Å². The molecular formula is C27H38N4O2S. The first-order chi connectivity index (χ1) is 16.2. The number of likely N-dealkylation sites (tertiary alicyclic amines) is 1. The van der Waals surface area contributed by atoms with Crippen molar-refractivity contribution >= 4 is 28.3 Å². The second kappa shape index (κ2) is 7.87. The van der Waals surface area contributed by atoms with Crippen molar-refractivity contribution in [2.45, 2.75) is 90.9 Å². The Bertz CT molecular complexity index is 1060. The van der Waals surface area contributed by atoms with E-state index >= 15 is 0 Å². The average molecular weight is 483 g/mol. The third-order valence-corrected chi connectivity index (χ3v) is 11.6. The zero-order valence-electron chi connectivity index (χ0n) is 21.0. The van der Waals surface area contributed by atoms with Crippen molar-refractivity contribution in [3.05, 3.63) is 16.3 Å². The Kier molecular flexibility index (Phi) is 5.25. The number of fused-ring (bicyclic) bond motifs is 5. The van der Waals surface area contributed by atoms with Gasteiger partial charge >= 0.3 is 0 Å². The molecule has 1 N–H and O–H groups in total. The predicted octanol–water partition coefficient (Wildman–Crippen LogP) is 5.74. The highest BCUT2D eigenvalue weighted by molar-refractivity contribution is 7.15. The molecule has 0 aromatic carbocycles. The molecular weight excluding hydrogens is 444 g/mol. The van der Waals surface area contributed by atoms with Crippen molar-refractivity contribution in [3.63, 3.8) is 0 Å². The van der Waals surface area contributed by atoms with Crippen LogP contribution in [0.25, 0.3) is 0 Å². The van der Waals surface area contributed by atoms with E-state index < -0.39 is 0 Å². The standard InChI is InChI=1S/C27H38N4O2S/c1-15-13-18-19-8-7-17(14-21(32)28-25-30-29-24(34-25)16-5-6-16)26(19,2)11-9-20(18)27(3)12-10-22(33)31(4)23(15)27/h16-20H,5-14H2,1-4H3,(H,28,30,32)/t17-,18?,19+,20?,26-,27-/m1/s1. The Morgan fingerprint density at radius 2 is 1.91 bits per heavy atom. The number of anilines is 1.